The van der Waals surface area contributed by atoms with Gasteiger partial charge in [0.2, 0.25) is 0 Å². The van der Waals surface area contributed by atoms with Crippen LogP contribution < -0.4 is 10.2 Å². The minimum Gasteiger partial charge on any atom is -0.461 e. The van der Waals surface area contributed by atoms with Crippen molar-refractivity contribution in [2.75, 3.05) is 0 Å². The second-order valence-corrected chi connectivity index (χ2v) is 4.05. The fourth-order valence-electron chi connectivity index (χ4n) is 1.51. The highest BCUT2D eigenvalue weighted by atomic mass is 16.5. The maximum absolute atomic E-state index is 11.8. The zero-order chi connectivity index (χ0) is 13.3. The summed E-state index contributed by atoms with van der Waals surface area (Å²) < 4.78 is 10.4. The molecule has 0 N–H and O–H groups in total. The van der Waals surface area contributed by atoms with Gasteiger partial charge in [-0.05, 0) is 32.0 Å². The number of rotatable bonds is 2. The smallest absolute Gasteiger partial charge is 0.338 e. The lowest BCUT2D eigenvalue weighted by atomic mass is 10.2. The summed E-state index contributed by atoms with van der Waals surface area (Å²) in [5.74, 6) is 0.316. The molecule has 1 aromatic carbocycles. The zero-order valence-corrected chi connectivity index (χ0v) is 10.1. The van der Waals surface area contributed by atoms with Gasteiger partial charge in [-0.1, -0.05) is 6.58 Å². The van der Waals surface area contributed by atoms with Crippen LogP contribution in [0.25, 0.3) is 11.0 Å². The summed E-state index contributed by atoms with van der Waals surface area (Å²) in [6, 6.07) is 6.06. The minimum absolute atomic E-state index is 0.165. The number of fused-ring (bicyclic) bond motifs is 1. The standard InChI is InChI=1S/C14H12O4/c1-8(2)14(16)18-10-4-5-13-11(7-10)12(15)6-9(3)17-13/h4-7H,1H2,2-3H3. The van der Waals surface area contributed by atoms with E-state index in [0.717, 1.165) is 0 Å². The molecule has 0 atom stereocenters. The molecule has 2 rings (SSSR count). The van der Waals surface area contributed by atoms with Gasteiger partial charge < -0.3 is 9.15 Å². The summed E-state index contributed by atoms with van der Waals surface area (Å²) in [6.07, 6.45) is 0. The van der Waals surface area contributed by atoms with Gasteiger partial charge in [0.1, 0.15) is 17.1 Å². The normalized spacial score (nSPS) is 10.3. The fraction of sp³-hybridized carbons (Fsp3) is 0.143. The van der Waals surface area contributed by atoms with E-state index in [2.05, 4.69) is 6.58 Å². The molecule has 0 amide bonds. The number of benzene rings is 1. The van der Waals surface area contributed by atoms with Crippen LogP contribution in [0.1, 0.15) is 12.7 Å². The van der Waals surface area contributed by atoms with Crippen molar-refractivity contribution in [1.29, 1.82) is 0 Å². The van der Waals surface area contributed by atoms with Crippen LogP contribution >= 0.6 is 0 Å². The summed E-state index contributed by atoms with van der Waals surface area (Å²) in [7, 11) is 0. The Morgan fingerprint density at radius 1 is 1.33 bits per heavy atom. The average molecular weight is 244 g/mol. The van der Waals surface area contributed by atoms with Gasteiger partial charge in [-0.25, -0.2) is 4.79 Å². The van der Waals surface area contributed by atoms with Crippen molar-refractivity contribution in [2.24, 2.45) is 0 Å². The topological polar surface area (TPSA) is 56.5 Å². The van der Waals surface area contributed by atoms with Crippen molar-refractivity contribution in [3.63, 3.8) is 0 Å². The Labute approximate surface area is 103 Å². The van der Waals surface area contributed by atoms with Gasteiger partial charge in [-0.15, -0.1) is 0 Å². The SMILES string of the molecule is C=C(C)C(=O)Oc1ccc2oc(C)cc(=O)c2c1. The van der Waals surface area contributed by atoms with E-state index in [9.17, 15) is 9.59 Å². The van der Waals surface area contributed by atoms with E-state index >= 15 is 0 Å². The zero-order valence-electron chi connectivity index (χ0n) is 10.1. The maximum atomic E-state index is 11.8. The lowest BCUT2D eigenvalue weighted by Gasteiger charge is -2.04. The third-order valence-electron chi connectivity index (χ3n) is 2.38. The molecule has 1 aromatic heterocycles. The highest BCUT2D eigenvalue weighted by Gasteiger charge is 2.08. The second kappa shape index (κ2) is 4.49. The quantitative estimate of drug-likeness (QED) is 0.463. The van der Waals surface area contributed by atoms with Crippen molar-refractivity contribution in [1.82, 2.24) is 0 Å². The lowest BCUT2D eigenvalue weighted by Crippen LogP contribution is -2.08. The molecule has 0 spiro atoms. The highest BCUT2D eigenvalue weighted by Crippen LogP contribution is 2.19. The van der Waals surface area contributed by atoms with Gasteiger partial charge in [0.05, 0.1) is 5.39 Å². The molecular formula is C14H12O4. The fourth-order valence-corrected chi connectivity index (χ4v) is 1.51. The van der Waals surface area contributed by atoms with Crippen LogP contribution in [0.15, 0.2) is 45.6 Å². The number of hydrogen-bond donors (Lipinski definition) is 0. The number of carbonyl (C=O) groups excluding carboxylic acids is 1. The Kier molecular flexibility index (Phi) is 3.02. The van der Waals surface area contributed by atoms with E-state index in [4.69, 9.17) is 9.15 Å². The monoisotopic (exact) mass is 244 g/mol. The Hall–Kier alpha value is -2.36. The molecule has 4 heteroatoms. The highest BCUT2D eigenvalue weighted by molar-refractivity contribution is 5.89. The number of aryl methyl sites for hydroxylation is 1. The molecule has 0 fully saturated rings. The Morgan fingerprint density at radius 2 is 2.06 bits per heavy atom. The minimum atomic E-state index is -0.522. The predicted molar refractivity (Wildman–Crippen MR) is 67.7 cm³/mol. The van der Waals surface area contributed by atoms with Crippen LogP contribution in [0.5, 0.6) is 5.75 Å². The molecule has 0 saturated heterocycles. The largest absolute Gasteiger partial charge is 0.461 e. The van der Waals surface area contributed by atoms with E-state index in [-0.39, 0.29) is 5.43 Å². The molecule has 1 heterocycles. The molecule has 18 heavy (non-hydrogen) atoms. The van der Waals surface area contributed by atoms with Crippen molar-refractivity contribution in [3.8, 4) is 5.75 Å². The van der Waals surface area contributed by atoms with Gasteiger partial charge >= 0.3 is 5.97 Å². The van der Waals surface area contributed by atoms with Crippen molar-refractivity contribution >= 4 is 16.9 Å². The summed E-state index contributed by atoms with van der Waals surface area (Å²) >= 11 is 0. The van der Waals surface area contributed by atoms with Gasteiger partial charge in [-0.3, -0.25) is 4.79 Å². The van der Waals surface area contributed by atoms with Crippen molar-refractivity contribution in [3.05, 3.63) is 52.4 Å². The lowest BCUT2D eigenvalue weighted by molar-refractivity contribution is -0.130. The molecule has 0 aliphatic rings. The average Bonchev–Trinajstić information content (AvgIpc) is 2.29. The first-order chi connectivity index (χ1) is 8.47. The predicted octanol–water partition coefficient (Wildman–Crippen LogP) is 2.58. The van der Waals surface area contributed by atoms with Crippen LogP contribution in [0.4, 0.5) is 0 Å². The van der Waals surface area contributed by atoms with Crippen LogP contribution in [-0.4, -0.2) is 5.97 Å². The van der Waals surface area contributed by atoms with Gasteiger partial charge in [0.15, 0.2) is 5.43 Å². The number of hydrogen-bond acceptors (Lipinski definition) is 4. The summed E-state index contributed by atoms with van der Waals surface area (Å²) in [4.78, 5) is 23.1. The molecule has 0 radical (unpaired) electrons. The third-order valence-corrected chi connectivity index (χ3v) is 2.38. The Bertz CT molecular complexity index is 694. The van der Waals surface area contributed by atoms with Crippen molar-refractivity contribution in [2.45, 2.75) is 13.8 Å². The Morgan fingerprint density at radius 3 is 2.72 bits per heavy atom. The van der Waals surface area contributed by atoms with E-state index in [0.29, 0.717) is 28.1 Å². The first-order valence-corrected chi connectivity index (χ1v) is 5.39. The Balaban J connectivity index is 2.48. The molecule has 0 saturated carbocycles. The molecular weight excluding hydrogens is 232 g/mol. The summed E-state index contributed by atoms with van der Waals surface area (Å²) in [5.41, 5.74) is 0.600. The molecule has 0 aliphatic carbocycles. The van der Waals surface area contributed by atoms with Gasteiger partial charge in [-0.2, -0.15) is 0 Å². The number of esters is 1. The van der Waals surface area contributed by atoms with Crippen LogP contribution in [0, 0.1) is 6.92 Å². The van der Waals surface area contributed by atoms with E-state index < -0.39 is 5.97 Å². The first-order valence-electron chi connectivity index (χ1n) is 5.39. The van der Waals surface area contributed by atoms with Gasteiger partial charge in [0, 0.05) is 11.6 Å². The first kappa shape index (κ1) is 12.1. The van der Waals surface area contributed by atoms with Crippen LogP contribution in [-0.2, 0) is 4.79 Å². The molecule has 0 bridgehead atoms. The number of carbonyl (C=O) groups is 1. The molecule has 4 nitrogen and oxygen atoms in total. The van der Waals surface area contributed by atoms with Crippen LogP contribution in [0.2, 0.25) is 0 Å². The van der Waals surface area contributed by atoms with E-state index in [1.165, 1.54) is 12.1 Å². The molecule has 2 aromatic rings. The van der Waals surface area contributed by atoms with E-state index in [1.807, 2.05) is 0 Å². The summed E-state index contributed by atoms with van der Waals surface area (Å²) in [5, 5.41) is 0.382. The van der Waals surface area contributed by atoms with Crippen molar-refractivity contribution < 1.29 is 13.9 Å². The third kappa shape index (κ3) is 2.32. The molecule has 0 aliphatic heterocycles. The van der Waals surface area contributed by atoms with Crippen LogP contribution in [0.3, 0.4) is 0 Å². The molecule has 0 unspecified atom stereocenters. The van der Waals surface area contributed by atoms with E-state index in [1.54, 1.807) is 26.0 Å². The van der Waals surface area contributed by atoms with Gasteiger partial charge in [0.25, 0.3) is 0 Å². The second-order valence-electron chi connectivity index (χ2n) is 4.05. The number of ether oxygens (including phenoxy) is 1. The summed E-state index contributed by atoms with van der Waals surface area (Å²) in [6.45, 7) is 6.75. The molecule has 92 valence electrons. The maximum Gasteiger partial charge on any atom is 0.338 e.